The van der Waals surface area contributed by atoms with Crippen LogP contribution in [-0.4, -0.2) is 24.9 Å². The molecule has 2 aromatic rings. The third-order valence-electron chi connectivity index (χ3n) is 2.85. The lowest BCUT2D eigenvalue weighted by Crippen LogP contribution is -2.22. The zero-order chi connectivity index (χ0) is 15.3. The number of thiazole rings is 1. The van der Waals surface area contributed by atoms with Crippen molar-refractivity contribution in [2.24, 2.45) is 0 Å². The van der Waals surface area contributed by atoms with Gasteiger partial charge in [-0.1, -0.05) is 6.92 Å². The van der Waals surface area contributed by atoms with Gasteiger partial charge in [-0.05, 0) is 26.0 Å². The van der Waals surface area contributed by atoms with Gasteiger partial charge in [0.1, 0.15) is 5.01 Å². The molecule has 6 nitrogen and oxygen atoms in total. The number of sulfonamides is 1. The molecule has 0 saturated heterocycles. The molecule has 0 saturated carbocycles. The van der Waals surface area contributed by atoms with Crippen LogP contribution in [0.25, 0.3) is 0 Å². The molecular weight excluding hydrogens is 308 g/mol. The highest BCUT2D eigenvalue weighted by Gasteiger charge is 2.16. The third kappa shape index (κ3) is 4.63. The lowest BCUT2D eigenvalue weighted by Gasteiger charge is -2.02. The Balaban J connectivity index is 1.95. The quantitative estimate of drug-likeness (QED) is 0.644. The first kappa shape index (κ1) is 16.2. The molecule has 0 amide bonds. The summed E-state index contributed by atoms with van der Waals surface area (Å²) in [6.45, 7) is 5.73. The fraction of sp³-hybridized carbons (Fsp3) is 0.462. The normalized spacial score (nSPS) is 11.9. The van der Waals surface area contributed by atoms with Crippen LogP contribution in [0.3, 0.4) is 0 Å². The van der Waals surface area contributed by atoms with Crippen LogP contribution in [0.1, 0.15) is 29.7 Å². The number of hydrogen-bond donors (Lipinski definition) is 3. The smallest absolute Gasteiger partial charge is 0.242 e. The van der Waals surface area contributed by atoms with Crippen LogP contribution >= 0.6 is 11.3 Å². The molecule has 3 N–H and O–H groups in total. The van der Waals surface area contributed by atoms with Crippen molar-refractivity contribution in [1.82, 2.24) is 20.0 Å². The van der Waals surface area contributed by atoms with Gasteiger partial charge in [0.2, 0.25) is 10.0 Å². The summed E-state index contributed by atoms with van der Waals surface area (Å²) in [5.41, 5.74) is 1.76. The summed E-state index contributed by atoms with van der Waals surface area (Å²) in [5.74, 6) is 0. The number of H-pyrrole nitrogens is 1. The number of aryl methyl sites for hydroxylation is 1. The van der Waals surface area contributed by atoms with Gasteiger partial charge in [0.05, 0.1) is 11.4 Å². The lowest BCUT2D eigenvalue weighted by molar-refractivity contribution is 0.581. The first-order valence-corrected chi connectivity index (χ1v) is 9.16. The molecule has 0 aromatic carbocycles. The molecule has 0 unspecified atom stereocenters. The molecule has 0 aliphatic heterocycles. The summed E-state index contributed by atoms with van der Waals surface area (Å²) >= 11 is 1.45. The molecule has 8 heteroatoms. The van der Waals surface area contributed by atoms with Crippen LogP contribution in [0.5, 0.6) is 0 Å². The van der Waals surface area contributed by atoms with E-state index >= 15 is 0 Å². The van der Waals surface area contributed by atoms with Gasteiger partial charge < -0.3 is 10.3 Å². The van der Waals surface area contributed by atoms with Gasteiger partial charge in [-0.3, -0.25) is 0 Å². The third-order valence-corrected chi connectivity index (χ3v) is 5.20. The Morgan fingerprint density at radius 1 is 1.38 bits per heavy atom. The van der Waals surface area contributed by atoms with Crippen LogP contribution in [0.15, 0.2) is 22.5 Å². The Bertz CT molecular complexity index is 676. The standard InChI is InChI=1S/C13H20N4O2S2/c1-3-4-14-6-11-5-12(7-15-11)21(18,19)16-8-13-17-10(2)9-20-13/h5,7,9,14-16H,3-4,6,8H2,1-2H3. The second-order valence-electron chi connectivity index (χ2n) is 4.74. The fourth-order valence-corrected chi connectivity index (χ4v) is 3.61. The molecule has 2 heterocycles. The van der Waals surface area contributed by atoms with E-state index in [2.05, 4.69) is 26.9 Å². The summed E-state index contributed by atoms with van der Waals surface area (Å²) in [6, 6.07) is 1.65. The number of aromatic amines is 1. The minimum absolute atomic E-state index is 0.218. The van der Waals surface area contributed by atoms with Crippen LogP contribution in [0.2, 0.25) is 0 Å². The molecule has 0 atom stereocenters. The summed E-state index contributed by atoms with van der Waals surface area (Å²) in [4.78, 5) is 7.47. The Morgan fingerprint density at radius 2 is 2.19 bits per heavy atom. The molecule has 2 aromatic heterocycles. The molecule has 0 aliphatic rings. The van der Waals surface area contributed by atoms with Crippen molar-refractivity contribution in [3.8, 4) is 0 Å². The minimum atomic E-state index is -3.50. The van der Waals surface area contributed by atoms with Crippen molar-refractivity contribution in [2.45, 2.75) is 38.3 Å². The zero-order valence-electron chi connectivity index (χ0n) is 12.1. The summed E-state index contributed by atoms with van der Waals surface area (Å²) in [5, 5.41) is 5.88. The van der Waals surface area contributed by atoms with Crippen LogP contribution < -0.4 is 10.0 Å². The molecule has 0 spiro atoms. The van der Waals surface area contributed by atoms with Gasteiger partial charge in [0, 0.05) is 29.5 Å². The van der Waals surface area contributed by atoms with Gasteiger partial charge in [-0.25, -0.2) is 18.1 Å². The maximum absolute atomic E-state index is 12.2. The van der Waals surface area contributed by atoms with Crippen LogP contribution in [-0.2, 0) is 23.1 Å². The van der Waals surface area contributed by atoms with Gasteiger partial charge in [0.15, 0.2) is 0 Å². The molecule has 0 radical (unpaired) electrons. The van der Waals surface area contributed by atoms with E-state index in [9.17, 15) is 8.42 Å². The number of nitrogens with zero attached hydrogens (tertiary/aromatic N) is 1. The second-order valence-corrected chi connectivity index (χ2v) is 7.45. The number of aromatic nitrogens is 2. The van der Waals surface area contributed by atoms with Crippen molar-refractivity contribution in [2.75, 3.05) is 6.54 Å². The van der Waals surface area contributed by atoms with E-state index in [1.54, 1.807) is 6.07 Å². The van der Waals surface area contributed by atoms with E-state index in [-0.39, 0.29) is 11.4 Å². The zero-order valence-corrected chi connectivity index (χ0v) is 13.8. The molecule has 2 rings (SSSR count). The van der Waals surface area contributed by atoms with Crippen molar-refractivity contribution < 1.29 is 8.42 Å². The number of hydrogen-bond acceptors (Lipinski definition) is 5. The Morgan fingerprint density at radius 3 is 2.86 bits per heavy atom. The Hall–Kier alpha value is -1.22. The Kier molecular flexibility index (Phi) is 5.51. The highest BCUT2D eigenvalue weighted by atomic mass is 32.2. The van der Waals surface area contributed by atoms with Gasteiger partial charge in [-0.15, -0.1) is 11.3 Å². The highest BCUT2D eigenvalue weighted by molar-refractivity contribution is 7.89. The molecule has 0 aliphatic carbocycles. The number of nitrogens with one attached hydrogen (secondary N) is 3. The summed E-state index contributed by atoms with van der Waals surface area (Å²) in [6.07, 6.45) is 2.55. The molecule has 116 valence electrons. The number of rotatable bonds is 8. The van der Waals surface area contributed by atoms with Crippen molar-refractivity contribution >= 4 is 21.4 Å². The maximum atomic E-state index is 12.2. The van der Waals surface area contributed by atoms with Crippen molar-refractivity contribution in [1.29, 1.82) is 0 Å². The van der Waals surface area contributed by atoms with E-state index in [4.69, 9.17) is 0 Å². The predicted octanol–water partition coefficient (Wildman–Crippen LogP) is 1.76. The predicted molar refractivity (Wildman–Crippen MR) is 83.7 cm³/mol. The van der Waals surface area contributed by atoms with E-state index in [0.717, 1.165) is 29.4 Å². The van der Waals surface area contributed by atoms with E-state index < -0.39 is 10.0 Å². The van der Waals surface area contributed by atoms with Crippen molar-refractivity contribution in [3.05, 3.63) is 34.0 Å². The monoisotopic (exact) mass is 328 g/mol. The second kappa shape index (κ2) is 7.17. The molecule has 21 heavy (non-hydrogen) atoms. The molecule has 0 fully saturated rings. The maximum Gasteiger partial charge on any atom is 0.242 e. The average molecular weight is 328 g/mol. The first-order chi connectivity index (χ1) is 10.0. The largest absolute Gasteiger partial charge is 0.363 e. The SMILES string of the molecule is CCCNCc1cc(S(=O)(=O)NCc2nc(C)cs2)c[nH]1. The van der Waals surface area contributed by atoms with Gasteiger partial charge >= 0.3 is 0 Å². The van der Waals surface area contributed by atoms with E-state index in [0.29, 0.717) is 6.54 Å². The van der Waals surface area contributed by atoms with Crippen LogP contribution in [0, 0.1) is 6.92 Å². The van der Waals surface area contributed by atoms with Crippen molar-refractivity contribution in [3.63, 3.8) is 0 Å². The Labute approximate surface area is 129 Å². The lowest BCUT2D eigenvalue weighted by atomic mass is 10.4. The first-order valence-electron chi connectivity index (χ1n) is 6.80. The topological polar surface area (TPSA) is 86.9 Å². The average Bonchev–Trinajstić information content (AvgIpc) is 3.06. The van der Waals surface area contributed by atoms with E-state index in [1.165, 1.54) is 17.5 Å². The van der Waals surface area contributed by atoms with Gasteiger partial charge in [0.25, 0.3) is 0 Å². The summed E-state index contributed by atoms with van der Waals surface area (Å²) in [7, 11) is -3.50. The van der Waals surface area contributed by atoms with E-state index in [1.807, 2.05) is 12.3 Å². The molecule has 0 bridgehead atoms. The van der Waals surface area contributed by atoms with Crippen LogP contribution in [0.4, 0.5) is 0 Å². The fourth-order valence-electron chi connectivity index (χ4n) is 1.80. The molecular formula is C13H20N4O2S2. The minimum Gasteiger partial charge on any atom is -0.363 e. The highest BCUT2D eigenvalue weighted by Crippen LogP contribution is 2.13. The van der Waals surface area contributed by atoms with Gasteiger partial charge in [-0.2, -0.15) is 0 Å². The summed E-state index contributed by atoms with van der Waals surface area (Å²) < 4.78 is 26.9.